The van der Waals surface area contributed by atoms with E-state index in [0.29, 0.717) is 11.7 Å². The van der Waals surface area contributed by atoms with Crippen LogP contribution in [0.5, 0.6) is 0 Å². The second-order valence-electron chi connectivity index (χ2n) is 5.59. The quantitative estimate of drug-likeness (QED) is 0.775. The van der Waals surface area contributed by atoms with Gasteiger partial charge in [0.25, 0.3) is 0 Å². The Bertz CT molecular complexity index is 621. The van der Waals surface area contributed by atoms with Crippen LogP contribution in [0.1, 0.15) is 38.0 Å². The summed E-state index contributed by atoms with van der Waals surface area (Å²) >= 11 is 3.73. The summed E-state index contributed by atoms with van der Waals surface area (Å²) in [4.78, 5) is 15.1. The summed E-state index contributed by atoms with van der Waals surface area (Å²) in [7, 11) is 0. The van der Waals surface area contributed by atoms with Gasteiger partial charge in [0.1, 0.15) is 0 Å². The number of aryl methyl sites for hydroxylation is 1. The zero-order valence-electron chi connectivity index (χ0n) is 11.2. The highest BCUT2D eigenvalue weighted by Gasteiger charge is 2.44. The molecule has 1 aromatic heterocycles. The van der Waals surface area contributed by atoms with Gasteiger partial charge < -0.3 is 0 Å². The van der Waals surface area contributed by atoms with E-state index in [9.17, 15) is 4.79 Å². The van der Waals surface area contributed by atoms with E-state index in [2.05, 4.69) is 30.3 Å². The Morgan fingerprint density at radius 2 is 2.05 bits per heavy atom. The maximum Gasteiger partial charge on any atom is 0.176 e. The second kappa shape index (κ2) is 5.05. The van der Waals surface area contributed by atoms with Crippen LogP contribution in [0, 0.1) is 5.92 Å². The summed E-state index contributed by atoms with van der Waals surface area (Å²) in [6.45, 7) is 0. The van der Waals surface area contributed by atoms with Gasteiger partial charge in [-0.1, -0.05) is 30.3 Å². The van der Waals surface area contributed by atoms with Crippen LogP contribution in [-0.4, -0.2) is 11.5 Å². The summed E-state index contributed by atoms with van der Waals surface area (Å²) in [6, 6.07) is 12.6. The first-order valence-corrected chi connectivity index (χ1v) is 9.08. The molecule has 2 aliphatic rings. The first kappa shape index (κ1) is 12.7. The summed E-state index contributed by atoms with van der Waals surface area (Å²) in [6.07, 6.45) is 2.17. The third-order valence-electron chi connectivity index (χ3n) is 4.23. The number of ketones is 1. The zero-order chi connectivity index (χ0) is 13.5. The Morgan fingerprint density at radius 1 is 1.20 bits per heavy atom. The molecule has 3 heteroatoms. The average molecular weight is 300 g/mol. The molecular weight excluding hydrogens is 284 g/mol. The molecule has 1 fully saturated rings. The predicted molar refractivity (Wildman–Crippen MR) is 85.8 cm³/mol. The number of thiophene rings is 1. The van der Waals surface area contributed by atoms with Gasteiger partial charge in [-0.05, 0) is 41.7 Å². The monoisotopic (exact) mass is 300 g/mol. The molecule has 0 saturated heterocycles. The number of Topliss-reactive ketones (excluding diaryl/α,β-unsaturated/α-hetero) is 1. The molecule has 102 valence electrons. The van der Waals surface area contributed by atoms with Crippen LogP contribution in [0.4, 0.5) is 0 Å². The lowest BCUT2D eigenvalue weighted by atomic mass is 10.1. The molecule has 2 heterocycles. The van der Waals surface area contributed by atoms with E-state index in [1.165, 1.54) is 21.8 Å². The lowest BCUT2D eigenvalue weighted by Gasteiger charge is -2.08. The molecule has 20 heavy (non-hydrogen) atoms. The van der Waals surface area contributed by atoms with Gasteiger partial charge in [-0.2, -0.15) is 11.8 Å². The van der Waals surface area contributed by atoms with Gasteiger partial charge >= 0.3 is 0 Å². The summed E-state index contributed by atoms with van der Waals surface area (Å²) in [5.41, 5.74) is 2.73. The predicted octanol–water partition coefficient (Wildman–Crippen LogP) is 4.52. The van der Waals surface area contributed by atoms with Gasteiger partial charge in [0.2, 0.25) is 0 Å². The topological polar surface area (TPSA) is 17.1 Å². The van der Waals surface area contributed by atoms with Crippen molar-refractivity contribution in [3.63, 3.8) is 0 Å². The highest BCUT2D eigenvalue weighted by Crippen LogP contribution is 2.50. The fourth-order valence-electron chi connectivity index (χ4n) is 3.00. The van der Waals surface area contributed by atoms with Crippen molar-refractivity contribution in [2.24, 2.45) is 5.92 Å². The maximum atomic E-state index is 12.6. The minimum Gasteiger partial charge on any atom is -0.293 e. The van der Waals surface area contributed by atoms with E-state index in [0.717, 1.165) is 23.5 Å². The SMILES string of the molecule is O=C(c1cc2c(s1)CCSC2)C1CC1c1ccccc1. The molecule has 0 radical (unpaired) electrons. The molecule has 1 aromatic carbocycles. The standard InChI is InChI=1S/C17H16OS2/c18-17(14-9-13(14)11-4-2-1-3-5-11)16-8-12-10-19-7-6-15(12)20-16/h1-5,8,13-14H,6-7,9-10H2. The highest BCUT2D eigenvalue weighted by atomic mass is 32.2. The number of thioether (sulfide) groups is 1. The van der Waals surface area contributed by atoms with E-state index >= 15 is 0 Å². The molecular formula is C17H16OS2. The number of hydrogen-bond donors (Lipinski definition) is 0. The van der Waals surface area contributed by atoms with Gasteiger partial charge in [0, 0.05) is 16.5 Å². The molecule has 2 atom stereocenters. The molecule has 0 amide bonds. The van der Waals surface area contributed by atoms with Gasteiger partial charge in [0.15, 0.2) is 5.78 Å². The number of hydrogen-bond acceptors (Lipinski definition) is 3. The molecule has 0 N–H and O–H groups in total. The third-order valence-corrected chi connectivity index (χ3v) is 6.49. The largest absolute Gasteiger partial charge is 0.293 e. The van der Waals surface area contributed by atoms with Crippen LogP contribution < -0.4 is 0 Å². The van der Waals surface area contributed by atoms with E-state index in [1.54, 1.807) is 11.3 Å². The van der Waals surface area contributed by atoms with Gasteiger partial charge in [-0.25, -0.2) is 0 Å². The van der Waals surface area contributed by atoms with Gasteiger partial charge in [-0.3, -0.25) is 4.79 Å². The third kappa shape index (κ3) is 2.23. The lowest BCUT2D eigenvalue weighted by molar-refractivity contribution is 0.0969. The van der Waals surface area contributed by atoms with E-state index in [-0.39, 0.29) is 5.92 Å². The second-order valence-corrected chi connectivity index (χ2v) is 7.83. The van der Waals surface area contributed by atoms with Crippen molar-refractivity contribution < 1.29 is 4.79 Å². The van der Waals surface area contributed by atoms with Crippen LogP contribution in [0.2, 0.25) is 0 Å². The van der Waals surface area contributed by atoms with Crippen molar-refractivity contribution in [1.29, 1.82) is 0 Å². The van der Waals surface area contributed by atoms with Crippen molar-refractivity contribution in [2.75, 3.05) is 5.75 Å². The Balaban J connectivity index is 1.53. The molecule has 0 bridgehead atoms. The Morgan fingerprint density at radius 3 is 2.85 bits per heavy atom. The first-order chi connectivity index (χ1) is 9.83. The van der Waals surface area contributed by atoms with E-state index in [4.69, 9.17) is 0 Å². The molecule has 0 spiro atoms. The van der Waals surface area contributed by atoms with Crippen LogP contribution in [0.25, 0.3) is 0 Å². The van der Waals surface area contributed by atoms with Crippen LogP contribution in [0.3, 0.4) is 0 Å². The summed E-state index contributed by atoms with van der Waals surface area (Å²) in [5, 5.41) is 0. The molecule has 1 saturated carbocycles. The first-order valence-electron chi connectivity index (χ1n) is 7.11. The maximum absolute atomic E-state index is 12.6. The molecule has 1 aliphatic carbocycles. The highest BCUT2D eigenvalue weighted by molar-refractivity contribution is 7.98. The number of carbonyl (C=O) groups is 1. The molecule has 2 aromatic rings. The number of carbonyl (C=O) groups excluding carboxylic acids is 1. The fraction of sp³-hybridized carbons (Fsp3) is 0.353. The summed E-state index contributed by atoms with van der Waals surface area (Å²) < 4.78 is 0. The van der Waals surface area contributed by atoms with Gasteiger partial charge in [-0.15, -0.1) is 11.3 Å². The van der Waals surface area contributed by atoms with Crippen molar-refractivity contribution in [3.8, 4) is 0 Å². The molecule has 4 rings (SSSR count). The van der Waals surface area contributed by atoms with Crippen LogP contribution >= 0.6 is 23.1 Å². The average Bonchev–Trinajstić information content (AvgIpc) is 3.18. The molecule has 1 aliphatic heterocycles. The number of fused-ring (bicyclic) bond motifs is 1. The van der Waals surface area contributed by atoms with Crippen molar-refractivity contribution in [3.05, 3.63) is 57.3 Å². The lowest BCUT2D eigenvalue weighted by Crippen LogP contribution is -2.00. The van der Waals surface area contributed by atoms with Crippen molar-refractivity contribution in [2.45, 2.75) is 24.5 Å². The normalized spacial score (nSPS) is 24.2. The fourth-order valence-corrected chi connectivity index (χ4v) is 5.38. The smallest absolute Gasteiger partial charge is 0.176 e. The van der Waals surface area contributed by atoms with E-state index < -0.39 is 0 Å². The van der Waals surface area contributed by atoms with Crippen molar-refractivity contribution >= 4 is 28.9 Å². The minimum atomic E-state index is 0.227. The zero-order valence-corrected chi connectivity index (χ0v) is 12.8. The van der Waals surface area contributed by atoms with Crippen molar-refractivity contribution in [1.82, 2.24) is 0 Å². The minimum absolute atomic E-state index is 0.227. The van der Waals surface area contributed by atoms with Crippen LogP contribution in [0.15, 0.2) is 36.4 Å². The Labute approximate surface area is 127 Å². The summed E-state index contributed by atoms with van der Waals surface area (Å²) in [5.74, 6) is 3.36. The molecule has 2 unspecified atom stereocenters. The Hall–Kier alpha value is -1.06. The number of benzene rings is 1. The van der Waals surface area contributed by atoms with Crippen LogP contribution in [-0.2, 0) is 12.2 Å². The Kier molecular flexibility index (Phi) is 3.20. The molecule has 1 nitrogen and oxygen atoms in total. The van der Waals surface area contributed by atoms with Gasteiger partial charge in [0.05, 0.1) is 4.88 Å². The number of rotatable bonds is 3. The van der Waals surface area contributed by atoms with E-state index in [1.807, 2.05) is 17.8 Å².